The van der Waals surface area contributed by atoms with Crippen molar-refractivity contribution in [3.05, 3.63) is 76.5 Å². The summed E-state index contributed by atoms with van der Waals surface area (Å²) in [5.41, 5.74) is 1.86. The number of rotatable bonds is 4. The highest BCUT2D eigenvalue weighted by Gasteiger charge is 2.04. The standard InChI is InChI=1S/C16H12N2O3/c19-18(20)14-7-5-12(6-8-14)11-21-15-9-13-3-1-2-4-16(13)17-10-15/h1-10H,11H2. The maximum absolute atomic E-state index is 10.6. The molecule has 0 N–H and O–H groups in total. The fourth-order valence-electron chi connectivity index (χ4n) is 2.01. The Bertz CT molecular complexity index is 785. The van der Waals surface area contributed by atoms with Crippen LogP contribution >= 0.6 is 0 Å². The number of nitro groups is 1. The van der Waals surface area contributed by atoms with Crippen LogP contribution in [0, 0.1) is 10.1 Å². The van der Waals surface area contributed by atoms with E-state index in [9.17, 15) is 10.1 Å². The van der Waals surface area contributed by atoms with Crippen LogP contribution < -0.4 is 4.74 Å². The molecule has 0 unspecified atom stereocenters. The second kappa shape index (κ2) is 5.58. The predicted octanol–water partition coefficient (Wildman–Crippen LogP) is 3.72. The number of hydrogen-bond donors (Lipinski definition) is 0. The molecule has 21 heavy (non-hydrogen) atoms. The first kappa shape index (κ1) is 13.1. The van der Waals surface area contributed by atoms with Gasteiger partial charge in [0.1, 0.15) is 12.4 Å². The third-order valence-corrected chi connectivity index (χ3v) is 3.12. The molecule has 0 atom stereocenters. The summed E-state index contributed by atoms with van der Waals surface area (Å²) >= 11 is 0. The summed E-state index contributed by atoms with van der Waals surface area (Å²) in [6.07, 6.45) is 1.67. The molecule has 0 aliphatic heterocycles. The van der Waals surface area contributed by atoms with Gasteiger partial charge in [0.05, 0.1) is 16.6 Å². The van der Waals surface area contributed by atoms with Gasteiger partial charge in [-0.05, 0) is 29.8 Å². The van der Waals surface area contributed by atoms with Crippen LogP contribution in [-0.4, -0.2) is 9.91 Å². The van der Waals surface area contributed by atoms with E-state index in [1.165, 1.54) is 12.1 Å². The lowest BCUT2D eigenvalue weighted by atomic mass is 10.2. The van der Waals surface area contributed by atoms with Crippen molar-refractivity contribution in [2.75, 3.05) is 0 Å². The van der Waals surface area contributed by atoms with E-state index in [1.54, 1.807) is 18.3 Å². The van der Waals surface area contributed by atoms with Gasteiger partial charge in [0, 0.05) is 17.5 Å². The topological polar surface area (TPSA) is 65.3 Å². The molecule has 0 saturated carbocycles. The maximum Gasteiger partial charge on any atom is 0.269 e. The lowest BCUT2D eigenvalue weighted by Crippen LogP contribution is -1.96. The van der Waals surface area contributed by atoms with Crippen molar-refractivity contribution in [1.29, 1.82) is 0 Å². The monoisotopic (exact) mass is 280 g/mol. The molecule has 2 aromatic carbocycles. The first-order valence-corrected chi connectivity index (χ1v) is 6.43. The molecule has 3 rings (SSSR count). The van der Waals surface area contributed by atoms with Gasteiger partial charge < -0.3 is 4.74 Å². The summed E-state index contributed by atoms with van der Waals surface area (Å²) < 4.78 is 5.67. The molecule has 0 aliphatic rings. The molecule has 0 fully saturated rings. The van der Waals surface area contributed by atoms with Gasteiger partial charge >= 0.3 is 0 Å². The van der Waals surface area contributed by atoms with Gasteiger partial charge in [0.2, 0.25) is 0 Å². The molecule has 0 bridgehead atoms. The van der Waals surface area contributed by atoms with Crippen LogP contribution in [0.25, 0.3) is 10.9 Å². The number of hydrogen-bond acceptors (Lipinski definition) is 4. The van der Waals surface area contributed by atoms with Gasteiger partial charge in [-0.1, -0.05) is 18.2 Å². The predicted molar refractivity (Wildman–Crippen MR) is 79.2 cm³/mol. The Balaban J connectivity index is 1.72. The molecule has 0 radical (unpaired) electrons. The molecule has 3 aromatic rings. The Hall–Kier alpha value is -2.95. The highest BCUT2D eigenvalue weighted by Crippen LogP contribution is 2.19. The second-order valence-corrected chi connectivity index (χ2v) is 4.58. The van der Waals surface area contributed by atoms with Crippen LogP contribution in [0.1, 0.15) is 5.56 Å². The number of nitro benzene ring substituents is 1. The van der Waals surface area contributed by atoms with Crippen LogP contribution in [0.2, 0.25) is 0 Å². The Morgan fingerprint density at radius 1 is 1.10 bits per heavy atom. The SMILES string of the molecule is O=[N+]([O-])c1ccc(COc2cnc3ccccc3c2)cc1. The number of para-hydroxylation sites is 1. The van der Waals surface area contributed by atoms with E-state index in [0.717, 1.165) is 16.5 Å². The van der Waals surface area contributed by atoms with E-state index < -0.39 is 4.92 Å². The lowest BCUT2D eigenvalue weighted by molar-refractivity contribution is -0.384. The van der Waals surface area contributed by atoms with Gasteiger partial charge in [0.15, 0.2) is 0 Å². The van der Waals surface area contributed by atoms with Crippen molar-refractivity contribution in [2.24, 2.45) is 0 Å². The summed E-state index contributed by atoms with van der Waals surface area (Å²) in [6, 6.07) is 16.0. The minimum absolute atomic E-state index is 0.0751. The van der Waals surface area contributed by atoms with E-state index >= 15 is 0 Å². The van der Waals surface area contributed by atoms with Crippen LogP contribution in [-0.2, 0) is 6.61 Å². The van der Waals surface area contributed by atoms with Crippen molar-refractivity contribution < 1.29 is 9.66 Å². The van der Waals surface area contributed by atoms with E-state index in [1.807, 2.05) is 30.3 Å². The summed E-state index contributed by atoms with van der Waals surface area (Å²) in [6.45, 7) is 0.345. The van der Waals surface area contributed by atoms with Crippen LogP contribution in [0.3, 0.4) is 0 Å². The Kier molecular flexibility index (Phi) is 3.47. The van der Waals surface area contributed by atoms with E-state index in [0.29, 0.717) is 12.4 Å². The number of pyridine rings is 1. The average molecular weight is 280 g/mol. The highest BCUT2D eigenvalue weighted by molar-refractivity contribution is 5.79. The van der Waals surface area contributed by atoms with Crippen molar-refractivity contribution in [3.63, 3.8) is 0 Å². The third kappa shape index (κ3) is 2.97. The number of aromatic nitrogens is 1. The zero-order valence-electron chi connectivity index (χ0n) is 11.1. The number of benzene rings is 2. The van der Waals surface area contributed by atoms with Crippen LogP contribution in [0.15, 0.2) is 60.8 Å². The van der Waals surface area contributed by atoms with E-state index in [2.05, 4.69) is 4.98 Å². The van der Waals surface area contributed by atoms with Gasteiger partial charge in [-0.2, -0.15) is 0 Å². The largest absolute Gasteiger partial charge is 0.487 e. The minimum atomic E-state index is -0.419. The van der Waals surface area contributed by atoms with Gasteiger partial charge in [-0.15, -0.1) is 0 Å². The smallest absolute Gasteiger partial charge is 0.269 e. The summed E-state index contributed by atoms with van der Waals surface area (Å²) in [4.78, 5) is 14.5. The molecule has 0 saturated heterocycles. The zero-order valence-corrected chi connectivity index (χ0v) is 11.1. The first-order valence-electron chi connectivity index (χ1n) is 6.43. The molecule has 0 spiro atoms. The van der Waals surface area contributed by atoms with Gasteiger partial charge in [-0.3, -0.25) is 15.1 Å². The zero-order chi connectivity index (χ0) is 14.7. The Labute approximate surface area is 121 Å². The normalized spacial score (nSPS) is 10.5. The molecule has 1 heterocycles. The van der Waals surface area contributed by atoms with Crippen LogP contribution in [0.5, 0.6) is 5.75 Å². The molecular weight excluding hydrogens is 268 g/mol. The minimum Gasteiger partial charge on any atom is -0.487 e. The molecule has 5 heteroatoms. The third-order valence-electron chi connectivity index (χ3n) is 3.12. The molecule has 104 valence electrons. The van der Waals surface area contributed by atoms with Crippen molar-refractivity contribution in [3.8, 4) is 5.75 Å². The second-order valence-electron chi connectivity index (χ2n) is 4.58. The number of fused-ring (bicyclic) bond motifs is 1. The number of ether oxygens (including phenoxy) is 1. The summed E-state index contributed by atoms with van der Waals surface area (Å²) in [7, 11) is 0. The van der Waals surface area contributed by atoms with E-state index in [4.69, 9.17) is 4.74 Å². The maximum atomic E-state index is 10.6. The van der Waals surface area contributed by atoms with Gasteiger partial charge in [0.25, 0.3) is 5.69 Å². The summed E-state index contributed by atoms with van der Waals surface area (Å²) in [5, 5.41) is 11.6. The van der Waals surface area contributed by atoms with Crippen molar-refractivity contribution >= 4 is 16.6 Å². The molecule has 5 nitrogen and oxygen atoms in total. The Morgan fingerprint density at radius 2 is 1.86 bits per heavy atom. The van der Waals surface area contributed by atoms with Gasteiger partial charge in [-0.25, -0.2) is 0 Å². The molecule has 0 amide bonds. The quantitative estimate of drug-likeness (QED) is 0.539. The fraction of sp³-hybridized carbons (Fsp3) is 0.0625. The summed E-state index contributed by atoms with van der Waals surface area (Å²) in [5.74, 6) is 0.673. The highest BCUT2D eigenvalue weighted by atomic mass is 16.6. The fourth-order valence-corrected chi connectivity index (χ4v) is 2.01. The van der Waals surface area contributed by atoms with Crippen molar-refractivity contribution in [1.82, 2.24) is 4.98 Å². The molecule has 0 aliphatic carbocycles. The molecular formula is C16H12N2O3. The van der Waals surface area contributed by atoms with Crippen LogP contribution in [0.4, 0.5) is 5.69 Å². The number of non-ortho nitro benzene ring substituents is 1. The van der Waals surface area contributed by atoms with Crippen molar-refractivity contribution in [2.45, 2.75) is 6.61 Å². The average Bonchev–Trinajstić information content (AvgIpc) is 2.53. The number of nitrogens with zero attached hydrogens (tertiary/aromatic N) is 2. The molecule has 1 aromatic heterocycles. The lowest BCUT2D eigenvalue weighted by Gasteiger charge is -2.06. The Morgan fingerprint density at radius 3 is 2.62 bits per heavy atom. The van der Waals surface area contributed by atoms with E-state index in [-0.39, 0.29) is 5.69 Å². The first-order chi connectivity index (χ1) is 10.2.